The van der Waals surface area contributed by atoms with Crippen LogP contribution in [0.3, 0.4) is 0 Å². The zero-order valence-electron chi connectivity index (χ0n) is 17.1. The SMILES string of the molecule is CSc1nc2nc(C)c(CC(=O)OCC(=O)N3C[C@H](C)C[C@H](C)C3)c(C)n2n1. The van der Waals surface area contributed by atoms with Crippen molar-refractivity contribution in [2.24, 2.45) is 11.8 Å². The monoisotopic (exact) mass is 405 g/mol. The number of nitrogens with zero attached hydrogens (tertiary/aromatic N) is 5. The maximum absolute atomic E-state index is 12.4. The van der Waals surface area contributed by atoms with Crippen molar-refractivity contribution in [2.75, 3.05) is 26.0 Å². The summed E-state index contributed by atoms with van der Waals surface area (Å²) in [4.78, 5) is 35.3. The van der Waals surface area contributed by atoms with Crippen molar-refractivity contribution in [3.05, 3.63) is 17.0 Å². The number of aromatic nitrogens is 4. The van der Waals surface area contributed by atoms with Crippen LogP contribution in [0.2, 0.25) is 0 Å². The molecule has 0 bridgehead atoms. The van der Waals surface area contributed by atoms with E-state index < -0.39 is 5.97 Å². The van der Waals surface area contributed by atoms with E-state index in [1.165, 1.54) is 11.8 Å². The van der Waals surface area contributed by atoms with Crippen LogP contribution in [-0.4, -0.2) is 62.3 Å². The van der Waals surface area contributed by atoms with Gasteiger partial charge in [0, 0.05) is 30.0 Å². The number of fused-ring (bicyclic) bond motifs is 1. The van der Waals surface area contributed by atoms with Gasteiger partial charge < -0.3 is 9.64 Å². The van der Waals surface area contributed by atoms with Crippen LogP contribution < -0.4 is 0 Å². The number of esters is 1. The lowest BCUT2D eigenvalue weighted by molar-refractivity contribution is -0.152. The van der Waals surface area contributed by atoms with Crippen LogP contribution in [0.15, 0.2) is 5.16 Å². The lowest BCUT2D eigenvalue weighted by Crippen LogP contribution is -2.44. The summed E-state index contributed by atoms with van der Waals surface area (Å²) in [5, 5.41) is 5.01. The summed E-state index contributed by atoms with van der Waals surface area (Å²) in [5.41, 5.74) is 2.27. The highest BCUT2D eigenvalue weighted by Gasteiger charge is 2.26. The lowest BCUT2D eigenvalue weighted by Gasteiger charge is -2.34. The van der Waals surface area contributed by atoms with Crippen LogP contribution >= 0.6 is 11.8 Å². The van der Waals surface area contributed by atoms with E-state index in [4.69, 9.17) is 4.74 Å². The van der Waals surface area contributed by atoms with Gasteiger partial charge in [0.1, 0.15) is 0 Å². The fourth-order valence-electron chi connectivity index (χ4n) is 3.83. The number of amides is 1. The third kappa shape index (κ3) is 4.45. The fraction of sp³-hybridized carbons (Fsp3) is 0.632. The predicted molar refractivity (Wildman–Crippen MR) is 106 cm³/mol. The van der Waals surface area contributed by atoms with E-state index >= 15 is 0 Å². The number of hydrogen-bond acceptors (Lipinski definition) is 7. The number of piperidine rings is 1. The molecule has 1 aliphatic rings. The highest BCUT2D eigenvalue weighted by molar-refractivity contribution is 7.98. The molecule has 1 amide bonds. The molecule has 28 heavy (non-hydrogen) atoms. The summed E-state index contributed by atoms with van der Waals surface area (Å²) in [5.74, 6) is 0.888. The second-order valence-electron chi connectivity index (χ2n) is 7.65. The summed E-state index contributed by atoms with van der Waals surface area (Å²) >= 11 is 1.44. The first-order chi connectivity index (χ1) is 13.3. The van der Waals surface area contributed by atoms with Crippen molar-refractivity contribution >= 4 is 29.4 Å². The van der Waals surface area contributed by atoms with Crippen molar-refractivity contribution < 1.29 is 14.3 Å². The molecule has 0 aromatic carbocycles. The number of likely N-dealkylation sites (tertiary alicyclic amines) is 1. The minimum absolute atomic E-state index is 0.0507. The Morgan fingerprint density at radius 3 is 2.50 bits per heavy atom. The summed E-state index contributed by atoms with van der Waals surface area (Å²) in [6, 6.07) is 0. The summed E-state index contributed by atoms with van der Waals surface area (Å²) < 4.78 is 6.91. The standard InChI is InChI=1S/C19H27N5O3S/c1-11-6-12(2)9-23(8-11)16(25)10-27-17(26)7-15-13(3)20-18-21-19(28-5)22-24(18)14(15)4/h11-12H,6-10H2,1-5H3/t11-,12+. The van der Waals surface area contributed by atoms with E-state index in [2.05, 4.69) is 28.9 Å². The molecule has 9 heteroatoms. The number of carbonyl (C=O) groups is 2. The maximum Gasteiger partial charge on any atom is 0.310 e. The Kier molecular flexibility index (Phi) is 6.22. The molecule has 3 rings (SSSR count). The molecule has 0 spiro atoms. The number of rotatable bonds is 5. The van der Waals surface area contributed by atoms with Crippen LogP contribution in [0.1, 0.15) is 37.2 Å². The molecule has 3 heterocycles. The largest absolute Gasteiger partial charge is 0.455 e. The van der Waals surface area contributed by atoms with E-state index in [1.54, 1.807) is 9.42 Å². The normalized spacial score (nSPS) is 19.8. The van der Waals surface area contributed by atoms with Gasteiger partial charge in [-0.05, 0) is 38.4 Å². The summed E-state index contributed by atoms with van der Waals surface area (Å²) in [7, 11) is 0. The van der Waals surface area contributed by atoms with E-state index in [0.29, 0.717) is 28.5 Å². The Hall–Kier alpha value is -2.16. The van der Waals surface area contributed by atoms with Gasteiger partial charge in [0.2, 0.25) is 5.16 Å². The van der Waals surface area contributed by atoms with Gasteiger partial charge in [0.05, 0.1) is 6.42 Å². The molecule has 2 atom stereocenters. The Bertz CT molecular complexity index is 887. The average molecular weight is 406 g/mol. The van der Waals surface area contributed by atoms with Crippen LogP contribution in [0, 0.1) is 25.7 Å². The first-order valence-corrected chi connectivity index (χ1v) is 10.7. The van der Waals surface area contributed by atoms with Crippen molar-refractivity contribution in [3.63, 3.8) is 0 Å². The first kappa shape index (κ1) is 20.6. The molecule has 0 aliphatic carbocycles. The molecular formula is C19H27N5O3S. The molecule has 2 aromatic heterocycles. The van der Waals surface area contributed by atoms with E-state index in [0.717, 1.165) is 30.8 Å². The molecule has 1 aliphatic heterocycles. The number of thioether (sulfide) groups is 1. The van der Waals surface area contributed by atoms with Crippen LogP contribution in [0.5, 0.6) is 0 Å². The molecule has 0 radical (unpaired) electrons. The Labute approximate surface area is 169 Å². The van der Waals surface area contributed by atoms with Crippen molar-refractivity contribution in [1.29, 1.82) is 0 Å². The minimum atomic E-state index is -0.441. The fourth-order valence-corrected chi connectivity index (χ4v) is 4.16. The van der Waals surface area contributed by atoms with Crippen LogP contribution in [0.4, 0.5) is 0 Å². The topological polar surface area (TPSA) is 89.7 Å². The van der Waals surface area contributed by atoms with Crippen molar-refractivity contribution in [2.45, 2.75) is 45.7 Å². The number of carbonyl (C=O) groups excluding carboxylic acids is 2. The first-order valence-electron chi connectivity index (χ1n) is 9.48. The van der Waals surface area contributed by atoms with Gasteiger partial charge in [-0.1, -0.05) is 25.6 Å². The molecule has 1 fully saturated rings. The zero-order valence-corrected chi connectivity index (χ0v) is 17.9. The molecular weight excluding hydrogens is 378 g/mol. The molecule has 8 nitrogen and oxygen atoms in total. The van der Waals surface area contributed by atoms with Gasteiger partial charge in [-0.15, -0.1) is 5.10 Å². The number of aryl methyl sites for hydroxylation is 2. The Balaban J connectivity index is 1.64. The Morgan fingerprint density at radius 1 is 1.18 bits per heavy atom. The second kappa shape index (κ2) is 8.46. The second-order valence-corrected chi connectivity index (χ2v) is 8.43. The van der Waals surface area contributed by atoms with Gasteiger partial charge in [-0.25, -0.2) is 9.50 Å². The third-order valence-corrected chi connectivity index (χ3v) is 5.65. The third-order valence-electron chi connectivity index (χ3n) is 5.11. The molecule has 0 unspecified atom stereocenters. The highest BCUT2D eigenvalue weighted by atomic mass is 32.2. The number of hydrogen-bond donors (Lipinski definition) is 0. The highest BCUT2D eigenvalue weighted by Crippen LogP contribution is 2.21. The van der Waals surface area contributed by atoms with Crippen LogP contribution in [0.25, 0.3) is 5.78 Å². The number of ether oxygens (including phenoxy) is 1. The van der Waals surface area contributed by atoms with Gasteiger partial charge in [-0.3, -0.25) is 9.59 Å². The van der Waals surface area contributed by atoms with Crippen LogP contribution in [-0.2, 0) is 20.7 Å². The van der Waals surface area contributed by atoms with Crippen molar-refractivity contribution in [3.8, 4) is 0 Å². The lowest BCUT2D eigenvalue weighted by atomic mass is 9.92. The smallest absolute Gasteiger partial charge is 0.310 e. The van der Waals surface area contributed by atoms with Crippen molar-refractivity contribution in [1.82, 2.24) is 24.5 Å². The van der Waals surface area contributed by atoms with E-state index in [1.807, 2.05) is 20.1 Å². The van der Waals surface area contributed by atoms with Gasteiger partial charge >= 0.3 is 5.97 Å². The van der Waals surface area contributed by atoms with Gasteiger partial charge in [-0.2, -0.15) is 4.98 Å². The minimum Gasteiger partial charge on any atom is -0.455 e. The van der Waals surface area contributed by atoms with E-state index in [-0.39, 0.29) is 18.9 Å². The molecule has 0 saturated carbocycles. The molecule has 0 N–H and O–H groups in total. The Morgan fingerprint density at radius 2 is 1.86 bits per heavy atom. The average Bonchev–Trinajstić information content (AvgIpc) is 3.05. The van der Waals surface area contributed by atoms with Gasteiger partial charge in [0.25, 0.3) is 11.7 Å². The van der Waals surface area contributed by atoms with Gasteiger partial charge in [0.15, 0.2) is 6.61 Å². The summed E-state index contributed by atoms with van der Waals surface area (Å²) in [6.45, 7) is 9.24. The quantitative estimate of drug-likeness (QED) is 0.555. The molecule has 2 aromatic rings. The summed E-state index contributed by atoms with van der Waals surface area (Å²) in [6.07, 6.45) is 3.07. The van der Waals surface area contributed by atoms with E-state index in [9.17, 15) is 9.59 Å². The maximum atomic E-state index is 12.4. The molecule has 152 valence electrons. The predicted octanol–water partition coefficient (Wildman–Crippen LogP) is 2.05. The molecule has 1 saturated heterocycles. The zero-order chi connectivity index (χ0) is 20.4.